The summed E-state index contributed by atoms with van der Waals surface area (Å²) in [5, 5.41) is 17.7. The standard InChI is InChI=1S/C11H18N2O2/c1-4-13(6-7-14)9-11(8-12)10(3)15-5-2/h9,14H,3-7H2,1-2H3/b11-9-. The van der Waals surface area contributed by atoms with Gasteiger partial charge < -0.3 is 14.7 Å². The fraction of sp³-hybridized carbons (Fsp3) is 0.545. The van der Waals surface area contributed by atoms with Crippen LogP contribution in [-0.4, -0.2) is 36.3 Å². The molecule has 4 heteroatoms. The number of ether oxygens (including phenoxy) is 1. The quantitative estimate of drug-likeness (QED) is 0.390. The van der Waals surface area contributed by atoms with Crippen LogP contribution in [-0.2, 0) is 4.74 Å². The van der Waals surface area contributed by atoms with E-state index in [1.807, 2.05) is 24.8 Å². The predicted octanol–water partition coefficient (Wildman–Crippen LogP) is 1.26. The molecule has 0 atom stereocenters. The van der Waals surface area contributed by atoms with Crippen LogP contribution < -0.4 is 0 Å². The molecule has 0 amide bonds. The van der Waals surface area contributed by atoms with Crippen molar-refractivity contribution in [3.63, 3.8) is 0 Å². The maximum Gasteiger partial charge on any atom is 0.131 e. The van der Waals surface area contributed by atoms with E-state index in [0.29, 0.717) is 24.5 Å². The summed E-state index contributed by atoms with van der Waals surface area (Å²) < 4.78 is 5.14. The minimum Gasteiger partial charge on any atom is -0.493 e. The molecular weight excluding hydrogens is 192 g/mol. The van der Waals surface area contributed by atoms with E-state index >= 15 is 0 Å². The molecule has 0 bridgehead atoms. The first-order valence-corrected chi connectivity index (χ1v) is 4.98. The number of hydrogen-bond acceptors (Lipinski definition) is 4. The van der Waals surface area contributed by atoms with E-state index in [2.05, 4.69) is 6.58 Å². The Bertz CT molecular complexity index is 266. The molecule has 0 aliphatic rings. The van der Waals surface area contributed by atoms with Crippen LogP contribution in [0.2, 0.25) is 0 Å². The van der Waals surface area contributed by atoms with E-state index in [1.165, 1.54) is 0 Å². The molecule has 0 aromatic rings. The average molecular weight is 210 g/mol. The second kappa shape index (κ2) is 7.89. The van der Waals surface area contributed by atoms with E-state index in [1.54, 1.807) is 6.20 Å². The molecule has 0 aromatic carbocycles. The lowest BCUT2D eigenvalue weighted by Gasteiger charge is -2.17. The Kier molecular flexibility index (Phi) is 7.12. The molecule has 0 fully saturated rings. The zero-order valence-electron chi connectivity index (χ0n) is 9.36. The monoisotopic (exact) mass is 210 g/mol. The lowest BCUT2D eigenvalue weighted by molar-refractivity contribution is 0.231. The largest absolute Gasteiger partial charge is 0.493 e. The first-order chi connectivity index (χ1) is 7.19. The van der Waals surface area contributed by atoms with Gasteiger partial charge in [-0.05, 0) is 13.8 Å². The third-order valence-electron chi connectivity index (χ3n) is 1.84. The molecule has 84 valence electrons. The van der Waals surface area contributed by atoms with Gasteiger partial charge in [-0.3, -0.25) is 0 Å². The first kappa shape index (κ1) is 13.5. The van der Waals surface area contributed by atoms with Gasteiger partial charge in [-0.2, -0.15) is 5.26 Å². The highest BCUT2D eigenvalue weighted by Crippen LogP contribution is 2.09. The summed E-state index contributed by atoms with van der Waals surface area (Å²) in [4.78, 5) is 1.84. The van der Waals surface area contributed by atoms with Crippen molar-refractivity contribution in [2.24, 2.45) is 0 Å². The van der Waals surface area contributed by atoms with Gasteiger partial charge in [0.1, 0.15) is 17.4 Å². The number of nitrogens with zero attached hydrogens (tertiary/aromatic N) is 2. The van der Waals surface area contributed by atoms with Crippen molar-refractivity contribution >= 4 is 0 Å². The molecule has 4 nitrogen and oxygen atoms in total. The maximum absolute atomic E-state index is 8.89. The van der Waals surface area contributed by atoms with Crippen LogP contribution in [0.1, 0.15) is 13.8 Å². The van der Waals surface area contributed by atoms with Gasteiger partial charge in [0.05, 0.1) is 13.2 Å². The molecule has 1 N–H and O–H groups in total. The van der Waals surface area contributed by atoms with Gasteiger partial charge in [-0.15, -0.1) is 0 Å². The van der Waals surface area contributed by atoms with E-state index < -0.39 is 0 Å². The SMILES string of the molecule is C=C(OCC)/C(C#N)=C\N(CC)CCO. The number of nitriles is 1. The number of aliphatic hydroxyl groups excluding tert-OH is 1. The van der Waals surface area contributed by atoms with Crippen molar-refractivity contribution in [3.05, 3.63) is 24.1 Å². The Hall–Kier alpha value is -1.47. The fourth-order valence-corrected chi connectivity index (χ4v) is 1.04. The van der Waals surface area contributed by atoms with Crippen molar-refractivity contribution in [2.45, 2.75) is 13.8 Å². The highest BCUT2D eigenvalue weighted by Gasteiger charge is 2.05. The minimum absolute atomic E-state index is 0.0597. The Morgan fingerprint density at radius 2 is 2.27 bits per heavy atom. The lowest BCUT2D eigenvalue weighted by Crippen LogP contribution is -2.21. The molecule has 15 heavy (non-hydrogen) atoms. The number of likely N-dealkylation sites (N-methyl/N-ethyl adjacent to an activating group) is 1. The van der Waals surface area contributed by atoms with Crippen molar-refractivity contribution in [1.82, 2.24) is 4.90 Å². The van der Waals surface area contributed by atoms with Gasteiger partial charge >= 0.3 is 0 Å². The number of aliphatic hydroxyl groups is 1. The van der Waals surface area contributed by atoms with Gasteiger partial charge in [0, 0.05) is 19.3 Å². The summed E-state index contributed by atoms with van der Waals surface area (Å²) in [5.74, 6) is 0.372. The summed E-state index contributed by atoms with van der Waals surface area (Å²) in [6.07, 6.45) is 1.66. The smallest absolute Gasteiger partial charge is 0.131 e. The van der Waals surface area contributed by atoms with Crippen LogP contribution in [0.25, 0.3) is 0 Å². The van der Waals surface area contributed by atoms with E-state index in [-0.39, 0.29) is 6.61 Å². The second-order valence-electron chi connectivity index (χ2n) is 2.86. The summed E-state index contributed by atoms with van der Waals surface area (Å²) >= 11 is 0. The highest BCUT2D eigenvalue weighted by molar-refractivity contribution is 5.36. The van der Waals surface area contributed by atoms with Crippen molar-refractivity contribution in [1.29, 1.82) is 5.26 Å². The molecule has 0 heterocycles. The molecule has 0 rings (SSSR count). The predicted molar refractivity (Wildman–Crippen MR) is 58.8 cm³/mol. The minimum atomic E-state index is 0.0597. The van der Waals surface area contributed by atoms with Crippen molar-refractivity contribution in [3.8, 4) is 6.07 Å². The zero-order valence-corrected chi connectivity index (χ0v) is 9.36. The van der Waals surface area contributed by atoms with Crippen molar-refractivity contribution < 1.29 is 9.84 Å². The van der Waals surface area contributed by atoms with Gasteiger partial charge in [0.25, 0.3) is 0 Å². The second-order valence-corrected chi connectivity index (χ2v) is 2.86. The number of hydrogen-bond donors (Lipinski definition) is 1. The maximum atomic E-state index is 8.89. The van der Waals surface area contributed by atoms with E-state index in [0.717, 1.165) is 6.54 Å². The molecular formula is C11H18N2O2. The summed E-state index contributed by atoms with van der Waals surface area (Å²) in [5.41, 5.74) is 0.396. The van der Waals surface area contributed by atoms with Gasteiger partial charge in [-0.1, -0.05) is 6.58 Å². The van der Waals surface area contributed by atoms with Crippen LogP contribution in [0.4, 0.5) is 0 Å². The normalized spacial score (nSPS) is 10.7. The van der Waals surface area contributed by atoms with Crippen LogP contribution in [0.5, 0.6) is 0 Å². The highest BCUT2D eigenvalue weighted by atomic mass is 16.5. The summed E-state index contributed by atoms with van der Waals surface area (Å²) in [6.45, 7) is 9.23. The molecule has 0 aliphatic heterocycles. The average Bonchev–Trinajstić information content (AvgIpc) is 2.24. The van der Waals surface area contributed by atoms with Gasteiger partial charge in [0.2, 0.25) is 0 Å². The molecule has 0 spiro atoms. The molecule has 0 saturated heterocycles. The molecule has 0 radical (unpaired) electrons. The Balaban J connectivity index is 4.56. The van der Waals surface area contributed by atoms with Crippen LogP contribution in [0.15, 0.2) is 24.1 Å². The first-order valence-electron chi connectivity index (χ1n) is 4.98. The molecule has 0 aromatic heterocycles. The third kappa shape index (κ3) is 5.08. The topological polar surface area (TPSA) is 56.5 Å². The van der Waals surface area contributed by atoms with Gasteiger partial charge in [-0.25, -0.2) is 0 Å². The van der Waals surface area contributed by atoms with Crippen LogP contribution >= 0.6 is 0 Å². The van der Waals surface area contributed by atoms with Gasteiger partial charge in [0.15, 0.2) is 0 Å². The molecule has 0 saturated carbocycles. The van der Waals surface area contributed by atoms with Crippen LogP contribution in [0.3, 0.4) is 0 Å². The lowest BCUT2D eigenvalue weighted by atomic mass is 10.2. The Morgan fingerprint density at radius 1 is 1.60 bits per heavy atom. The summed E-state index contributed by atoms with van der Waals surface area (Å²) in [7, 11) is 0. The van der Waals surface area contributed by atoms with E-state index in [9.17, 15) is 0 Å². The van der Waals surface area contributed by atoms with Crippen molar-refractivity contribution in [2.75, 3.05) is 26.3 Å². The summed E-state index contributed by atoms with van der Waals surface area (Å²) in [6, 6.07) is 2.02. The zero-order chi connectivity index (χ0) is 11.7. The third-order valence-corrected chi connectivity index (χ3v) is 1.84. The van der Waals surface area contributed by atoms with Crippen LogP contribution in [0, 0.1) is 11.3 Å². The molecule has 0 aliphatic carbocycles. The Morgan fingerprint density at radius 3 is 2.67 bits per heavy atom. The fourth-order valence-electron chi connectivity index (χ4n) is 1.04. The number of allylic oxidation sites excluding steroid dienone is 1. The Labute approximate surface area is 91.1 Å². The van der Waals surface area contributed by atoms with E-state index in [4.69, 9.17) is 15.1 Å². The molecule has 0 unspecified atom stereocenters. The number of rotatable bonds is 7.